The van der Waals surface area contributed by atoms with E-state index in [1.165, 1.54) is 43.7 Å². The first-order chi connectivity index (χ1) is 11.9. The van der Waals surface area contributed by atoms with Crippen LogP contribution in [0.5, 0.6) is 0 Å². The highest BCUT2D eigenvalue weighted by Crippen LogP contribution is 2.33. The molecule has 1 saturated heterocycles. The summed E-state index contributed by atoms with van der Waals surface area (Å²) in [6, 6.07) is 7.73. The van der Waals surface area contributed by atoms with Gasteiger partial charge in [-0.2, -0.15) is 0 Å². The summed E-state index contributed by atoms with van der Waals surface area (Å²) in [6.45, 7) is 9.74. The Labute approximate surface area is 152 Å². The lowest BCUT2D eigenvalue weighted by molar-refractivity contribution is -0.146. The molecule has 2 rings (SSSR count). The normalized spacial score (nSPS) is 22.0. The number of unbranched alkanes of at least 4 members (excludes halogenated alkanes) is 4. The minimum atomic E-state index is -0.516. The van der Waals surface area contributed by atoms with E-state index >= 15 is 0 Å². The fourth-order valence-electron chi connectivity index (χ4n) is 3.43. The van der Waals surface area contributed by atoms with Gasteiger partial charge in [-0.05, 0) is 31.9 Å². The van der Waals surface area contributed by atoms with E-state index in [1.807, 2.05) is 38.1 Å². The third-order valence-electron chi connectivity index (χ3n) is 4.74. The lowest BCUT2D eigenvalue weighted by atomic mass is 9.98. The molecule has 1 aliphatic heterocycles. The first kappa shape index (κ1) is 19.9. The third-order valence-corrected chi connectivity index (χ3v) is 4.74. The van der Waals surface area contributed by atoms with Gasteiger partial charge in [-0.25, -0.2) is 0 Å². The number of allylic oxidation sites excluding steroid dienone is 1. The predicted molar refractivity (Wildman–Crippen MR) is 102 cm³/mol. The highest BCUT2D eigenvalue weighted by Gasteiger charge is 2.40. The van der Waals surface area contributed by atoms with Crippen LogP contribution in [0.2, 0.25) is 0 Å². The first-order valence-corrected chi connectivity index (χ1v) is 9.56. The van der Waals surface area contributed by atoms with Crippen LogP contribution < -0.4 is 0 Å². The Hall–Kier alpha value is -1.45. The van der Waals surface area contributed by atoms with Gasteiger partial charge in [0, 0.05) is 12.0 Å². The summed E-state index contributed by atoms with van der Waals surface area (Å²) < 4.78 is 12.3. The average molecular weight is 344 g/mol. The monoisotopic (exact) mass is 344 g/mol. The van der Waals surface area contributed by atoms with E-state index in [-0.39, 0.29) is 18.0 Å². The molecule has 1 fully saturated rings. The second-order valence-electron chi connectivity index (χ2n) is 7.38. The van der Waals surface area contributed by atoms with Crippen LogP contribution >= 0.6 is 0 Å². The van der Waals surface area contributed by atoms with E-state index in [9.17, 15) is 4.79 Å². The van der Waals surface area contributed by atoms with Crippen molar-refractivity contribution >= 4 is 5.78 Å². The van der Waals surface area contributed by atoms with Crippen LogP contribution in [0.1, 0.15) is 75.2 Å². The molecule has 0 radical (unpaired) electrons. The van der Waals surface area contributed by atoms with Gasteiger partial charge in [0.2, 0.25) is 0 Å². The molecule has 138 valence electrons. The standard InChI is InChI=1S/C22H32O3/c1-5-7-8-9-10-11-20-21(25-22(3,4)24-20)16-17-12-14-18(15-13-17)19(23)6-2/h6,12-15,20-21H,2,5,7-11,16H2,1,3-4H3. The number of hydrogen-bond acceptors (Lipinski definition) is 3. The van der Waals surface area contributed by atoms with Gasteiger partial charge in [-0.3, -0.25) is 4.79 Å². The Morgan fingerprint density at radius 3 is 2.36 bits per heavy atom. The number of ether oxygens (including phenoxy) is 2. The second-order valence-corrected chi connectivity index (χ2v) is 7.38. The highest BCUT2D eigenvalue weighted by molar-refractivity contribution is 6.04. The molecule has 0 amide bonds. The fourth-order valence-corrected chi connectivity index (χ4v) is 3.43. The van der Waals surface area contributed by atoms with Crippen molar-refractivity contribution in [3.05, 3.63) is 48.0 Å². The van der Waals surface area contributed by atoms with Crippen LogP contribution in [-0.4, -0.2) is 23.8 Å². The molecule has 1 aromatic rings. The van der Waals surface area contributed by atoms with E-state index in [4.69, 9.17) is 9.47 Å². The number of hydrogen-bond donors (Lipinski definition) is 0. The van der Waals surface area contributed by atoms with Gasteiger partial charge in [0.1, 0.15) is 0 Å². The summed E-state index contributed by atoms with van der Waals surface area (Å²) in [5, 5.41) is 0. The molecule has 25 heavy (non-hydrogen) atoms. The summed E-state index contributed by atoms with van der Waals surface area (Å²) in [4.78, 5) is 11.6. The summed E-state index contributed by atoms with van der Waals surface area (Å²) in [6.07, 6.45) is 9.75. The van der Waals surface area contributed by atoms with Crippen molar-refractivity contribution in [2.45, 2.75) is 83.7 Å². The van der Waals surface area contributed by atoms with Gasteiger partial charge in [0.15, 0.2) is 11.6 Å². The van der Waals surface area contributed by atoms with Crippen molar-refractivity contribution < 1.29 is 14.3 Å². The Morgan fingerprint density at radius 2 is 1.72 bits per heavy atom. The van der Waals surface area contributed by atoms with Crippen LogP contribution in [0.25, 0.3) is 0 Å². The van der Waals surface area contributed by atoms with Crippen molar-refractivity contribution in [3.8, 4) is 0 Å². The number of benzene rings is 1. The second kappa shape index (κ2) is 9.30. The summed E-state index contributed by atoms with van der Waals surface area (Å²) in [7, 11) is 0. The largest absolute Gasteiger partial charge is 0.345 e. The van der Waals surface area contributed by atoms with E-state index in [0.717, 1.165) is 12.8 Å². The zero-order chi connectivity index (χ0) is 18.3. The van der Waals surface area contributed by atoms with E-state index in [1.54, 1.807) is 0 Å². The van der Waals surface area contributed by atoms with E-state index in [0.29, 0.717) is 5.56 Å². The Kier molecular flexibility index (Phi) is 7.39. The molecule has 0 spiro atoms. The summed E-state index contributed by atoms with van der Waals surface area (Å²) in [5.41, 5.74) is 1.85. The van der Waals surface area contributed by atoms with Crippen molar-refractivity contribution in [1.29, 1.82) is 0 Å². The maximum Gasteiger partial charge on any atom is 0.185 e. The van der Waals surface area contributed by atoms with Gasteiger partial charge in [0.05, 0.1) is 12.2 Å². The molecular weight excluding hydrogens is 312 g/mol. The molecule has 1 aliphatic rings. The molecule has 2 atom stereocenters. The molecule has 0 N–H and O–H groups in total. The minimum absolute atomic E-state index is 0.0434. The molecule has 0 saturated carbocycles. The van der Waals surface area contributed by atoms with Crippen molar-refractivity contribution in [3.63, 3.8) is 0 Å². The third kappa shape index (κ3) is 6.09. The van der Waals surface area contributed by atoms with Crippen molar-refractivity contribution in [1.82, 2.24) is 0 Å². The highest BCUT2D eigenvalue weighted by atomic mass is 16.7. The molecule has 3 heteroatoms. The maximum atomic E-state index is 11.6. The van der Waals surface area contributed by atoms with Crippen LogP contribution in [0, 0.1) is 0 Å². The van der Waals surface area contributed by atoms with Gasteiger partial charge in [0.25, 0.3) is 0 Å². The number of carbonyl (C=O) groups excluding carboxylic acids is 1. The summed E-state index contributed by atoms with van der Waals surface area (Å²) >= 11 is 0. The lowest BCUT2D eigenvalue weighted by Crippen LogP contribution is -2.25. The van der Waals surface area contributed by atoms with Gasteiger partial charge < -0.3 is 9.47 Å². The minimum Gasteiger partial charge on any atom is -0.345 e. The molecule has 0 bridgehead atoms. The predicted octanol–water partition coefficient (Wildman–Crippen LogP) is 5.48. The zero-order valence-electron chi connectivity index (χ0n) is 15.9. The number of ketones is 1. The smallest absolute Gasteiger partial charge is 0.185 e. The molecule has 0 aromatic heterocycles. The van der Waals surface area contributed by atoms with Gasteiger partial charge in [-0.15, -0.1) is 0 Å². The fraction of sp³-hybridized carbons (Fsp3) is 0.591. The van der Waals surface area contributed by atoms with Crippen LogP contribution in [0.15, 0.2) is 36.9 Å². The molecule has 1 aromatic carbocycles. The average Bonchev–Trinajstić information content (AvgIpc) is 2.88. The quantitative estimate of drug-likeness (QED) is 0.320. The summed E-state index contributed by atoms with van der Waals surface area (Å²) in [5.74, 6) is -0.560. The molecule has 1 heterocycles. The Balaban J connectivity index is 1.92. The molecule has 3 nitrogen and oxygen atoms in total. The first-order valence-electron chi connectivity index (χ1n) is 9.56. The van der Waals surface area contributed by atoms with Crippen molar-refractivity contribution in [2.75, 3.05) is 0 Å². The van der Waals surface area contributed by atoms with E-state index < -0.39 is 5.79 Å². The van der Waals surface area contributed by atoms with Crippen LogP contribution in [-0.2, 0) is 15.9 Å². The van der Waals surface area contributed by atoms with Crippen LogP contribution in [0.3, 0.4) is 0 Å². The lowest BCUT2D eigenvalue weighted by Gasteiger charge is -2.17. The van der Waals surface area contributed by atoms with Crippen molar-refractivity contribution in [2.24, 2.45) is 0 Å². The molecular formula is C22H32O3. The van der Waals surface area contributed by atoms with E-state index in [2.05, 4.69) is 13.5 Å². The number of carbonyl (C=O) groups is 1. The topological polar surface area (TPSA) is 35.5 Å². The Morgan fingerprint density at radius 1 is 1.08 bits per heavy atom. The number of rotatable bonds is 10. The molecule has 0 aliphatic carbocycles. The SMILES string of the molecule is C=CC(=O)c1ccc(CC2OC(C)(C)OC2CCCCCCC)cc1. The molecule has 2 unspecified atom stereocenters. The Bertz CT molecular complexity index is 559. The van der Waals surface area contributed by atoms with Gasteiger partial charge >= 0.3 is 0 Å². The van der Waals surface area contributed by atoms with Crippen LogP contribution in [0.4, 0.5) is 0 Å². The van der Waals surface area contributed by atoms with Gasteiger partial charge in [-0.1, -0.05) is 69.9 Å². The zero-order valence-corrected chi connectivity index (χ0v) is 15.9. The maximum absolute atomic E-state index is 11.6.